The van der Waals surface area contributed by atoms with Crippen LogP contribution in [-0.4, -0.2) is 17.7 Å². The van der Waals surface area contributed by atoms with Crippen LogP contribution >= 0.6 is 11.6 Å². The van der Waals surface area contributed by atoms with Gasteiger partial charge in [-0.3, -0.25) is 0 Å². The Kier molecular flexibility index (Phi) is 4.11. The summed E-state index contributed by atoms with van der Waals surface area (Å²) in [7, 11) is 0. The van der Waals surface area contributed by atoms with Crippen molar-refractivity contribution in [3.05, 3.63) is 70.9 Å². The molecule has 2 nitrogen and oxygen atoms in total. The minimum atomic E-state index is 0.650. The molecule has 2 aromatic carbocycles. The number of benzene rings is 2. The molecule has 4 rings (SSSR count). The summed E-state index contributed by atoms with van der Waals surface area (Å²) in [5, 5.41) is 5.63. The van der Waals surface area contributed by atoms with Crippen molar-refractivity contribution >= 4 is 22.5 Å². The lowest BCUT2D eigenvalue weighted by molar-refractivity contribution is 0.461. The van der Waals surface area contributed by atoms with Crippen LogP contribution in [0.4, 0.5) is 0 Å². The van der Waals surface area contributed by atoms with Gasteiger partial charge in [-0.1, -0.05) is 48.0 Å². The molecule has 0 amide bonds. The Morgan fingerprint density at radius 1 is 1.04 bits per heavy atom. The number of nitrogens with one attached hydrogen (secondary N) is 1. The van der Waals surface area contributed by atoms with Gasteiger partial charge in [-0.25, -0.2) is 0 Å². The van der Waals surface area contributed by atoms with Gasteiger partial charge in [-0.2, -0.15) is 0 Å². The second-order valence-electron chi connectivity index (χ2n) is 6.38. The molecule has 0 spiro atoms. The molecule has 1 aliphatic rings. The molecule has 1 fully saturated rings. The average molecular weight is 325 g/mol. The van der Waals surface area contributed by atoms with Crippen LogP contribution in [0.5, 0.6) is 0 Å². The van der Waals surface area contributed by atoms with Crippen LogP contribution in [0.15, 0.2) is 54.7 Å². The Bertz CT molecular complexity index is 801. The summed E-state index contributed by atoms with van der Waals surface area (Å²) < 4.78 is 2.36. The SMILES string of the molecule is Clc1ccc2c(C3CCNCC3)cn(Cc3ccccc3)c2c1. The molecule has 0 radical (unpaired) electrons. The lowest BCUT2D eigenvalue weighted by Crippen LogP contribution is -2.26. The van der Waals surface area contributed by atoms with E-state index in [9.17, 15) is 0 Å². The standard InChI is InChI=1S/C20H21ClN2/c21-17-6-7-18-19(16-8-10-22-11-9-16)14-23(20(18)12-17)13-15-4-2-1-3-5-15/h1-7,12,14,16,22H,8-11,13H2. The van der Waals surface area contributed by atoms with Gasteiger partial charge in [0.25, 0.3) is 0 Å². The molecule has 0 aliphatic carbocycles. The minimum absolute atomic E-state index is 0.650. The topological polar surface area (TPSA) is 17.0 Å². The zero-order valence-electron chi connectivity index (χ0n) is 13.1. The van der Waals surface area contributed by atoms with Crippen LogP contribution in [-0.2, 0) is 6.54 Å². The molecule has 3 aromatic rings. The highest BCUT2D eigenvalue weighted by Gasteiger charge is 2.20. The molecule has 0 bridgehead atoms. The molecule has 2 heterocycles. The molecule has 0 unspecified atom stereocenters. The van der Waals surface area contributed by atoms with Crippen molar-refractivity contribution in [1.82, 2.24) is 9.88 Å². The van der Waals surface area contributed by atoms with Gasteiger partial charge in [0, 0.05) is 23.2 Å². The number of fused-ring (bicyclic) bond motifs is 1. The predicted molar refractivity (Wildman–Crippen MR) is 97.3 cm³/mol. The zero-order valence-corrected chi connectivity index (χ0v) is 13.9. The fourth-order valence-corrected chi connectivity index (χ4v) is 3.83. The van der Waals surface area contributed by atoms with E-state index in [2.05, 4.69) is 58.5 Å². The number of aromatic nitrogens is 1. The molecule has 3 heteroatoms. The Labute approximate surface area is 142 Å². The van der Waals surface area contributed by atoms with Gasteiger partial charge in [-0.15, -0.1) is 0 Å². The third-order valence-corrected chi connectivity index (χ3v) is 5.08. The number of hydrogen-bond acceptors (Lipinski definition) is 1. The first-order valence-electron chi connectivity index (χ1n) is 8.34. The van der Waals surface area contributed by atoms with E-state index in [0.717, 1.165) is 24.7 Å². The van der Waals surface area contributed by atoms with Crippen molar-refractivity contribution in [1.29, 1.82) is 0 Å². The van der Waals surface area contributed by atoms with Gasteiger partial charge >= 0.3 is 0 Å². The highest BCUT2D eigenvalue weighted by molar-refractivity contribution is 6.31. The highest BCUT2D eigenvalue weighted by Crippen LogP contribution is 2.34. The van der Waals surface area contributed by atoms with Gasteiger partial charge in [0.1, 0.15) is 0 Å². The van der Waals surface area contributed by atoms with Gasteiger partial charge in [0.15, 0.2) is 0 Å². The first kappa shape index (κ1) is 14.8. The molecule has 1 saturated heterocycles. The number of nitrogens with zero attached hydrogens (tertiary/aromatic N) is 1. The van der Waals surface area contributed by atoms with Crippen molar-refractivity contribution in [2.45, 2.75) is 25.3 Å². The maximum absolute atomic E-state index is 6.27. The van der Waals surface area contributed by atoms with Crippen molar-refractivity contribution in [2.75, 3.05) is 13.1 Å². The fourth-order valence-electron chi connectivity index (χ4n) is 3.66. The van der Waals surface area contributed by atoms with Crippen molar-refractivity contribution in [2.24, 2.45) is 0 Å². The molecule has 1 aromatic heterocycles. The van der Waals surface area contributed by atoms with Crippen molar-refractivity contribution in [3.63, 3.8) is 0 Å². The average Bonchev–Trinajstić information content (AvgIpc) is 2.94. The van der Waals surface area contributed by atoms with Crippen LogP contribution in [0.1, 0.15) is 29.9 Å². The monoisotopic (exact) mass is 324 g/mol. The fraction of sp³-hybridized carbons (Fsp3) is 0.300. The van der Waals surface area contributed by atoms with Crippen LogP contribution in [0.25, 0.3) is 10.9 Å². The summed E-state index contributed by atoms with van der Waals surface area (Å²) in [5.41, 5.74) is 4.05. The van der Waals surface area contributed by atoms with Gasteiger partial charge < -0.3 is 9.88 Å². The van der Waals surface area contributed by atoms with E-state index in [1.54, 1.807) is 0 Å². The largest absolute Gasteiger partial charge is 0.343 e. The second kappa shape index (κ2) is 6.38. The lowest BCUT2D eigenvalue weighted by atomic mass is 9.90. The lowest BCUT2D eigenvalue weighted by Gasteiger charge is -2.22. The highest BCUT2D eigenvalue weighted by atomic mass is 35.5. The maximum Gasteiger partial charge on any atom is 0.0501 e. The summed E-state index contributed by atoms with van der Waals surface area (Å²) in [4.78, 5) is 0. The Morgan fingerprint density at radius 3 is 2.61 bits per heavy atom. The quantitative estimate of drug-likeness (QED) is 0.731. The zero-order chi connectivity index (χ0) is 15.6. The second-order valence-corrected chi connectivity index (χ2v) is 6.82. The van der Waals surface area contributed by atoms with Gasteiger partial charge in [0.05, 0.1) is 5.52 Å². The van der Waals surface area contributed by atoms with Gasteiger partial charge in [-0.05, 0) is 55.1 Å². The summed E-state index contributed by atoms with van der Waals surface area (Å²) in [6.07, 6.45) is 4.78. The first-order chi connectivity index (χ1) is 11.3. The Morgan fingerprint density at radius 2 is 1.83 bits per heavy atom. The predicted octanol–water partition coefficient (Wildman–Crippen LogP) is 4.81. The Hall–Kier alpha value is -1.77. The van der Waals surface area contributed by atoms with Crippen LogP contribution in [0, 0.1) is 0 Å². The molecule has 0 atom stereocenters. The molecule has 1 N–H and O–H groups in total. The van der Waals surface area contributed by atoms with E-state index in [1.807, 2.05) is 6.07 Å². The van der Waals surface area contributed by atoms with E-state index in [-0.39, 0.29) is 0 Å². The van der Waals surface area contributed by atoms with Crippen LogP contribution in [0.2, 0.25) is 5.02 Å². The summed E-state index contributed by atoms with van der Waals surface area (Å²) in [6, 6.07) is 16.9. The number of rotatable bonds is 3. The van der Waals surface area contributed by atoms with Gasteiger partial charge in [0.2, 0.25) is 0 Å². The minimum Gasteiger partial charge on any atom is -0.343 e. The third kappa shape index (κ3) is 3.01. The number of hydrogen-bond donors (Lipinski definition) is 1. The van der Waals surface area contributed by atoms with E-state index in [0.29, 0.717) is 5.92 Å². The summed E-state index contributed by atoms with van der Waals surface area (Å²) in [6.45, 7) is 3.12. The first-order valence-corrected chi connectivity index (χ1v) is 8.72. The van der Waals surface area contributed by atoms with Crippen molar-refractivity contribution < 1.29 is 0 Å². The molecule has 0 saturated carbocycles. The van der Waals surface area contributed by atoms with E-state index in [4.69, 9.17) is 11.6 Å². The van der Waals surface area contributed by atoms with Crippen LogP contribution < -0.4 is 5.32 Å². The molecule has 118 valence electrons. The van der Waals surface area contributed by atoms with E-state index in [1.165, 1.54) is 34.9 Å². The third-order valence-electron chi connectivity index (χ3n) is 4.85. The smallest absolute Gasteiger partial charge is 0.0501 e. The van der Waals surface area contributed by atoms with E-state index >= 15 is 0 Å². The summed E-state index contributed by atoms with van der Waals surface area (Å²) >= 11 is 6.27. The summed E-state index contributed by atoms with van der Waals surface area (Å²) in [5.74, 6) is 0.650. The van der Waals surface area contributed by atoms with E-state index < -0.39 is 0 Å². The molecular weight excluding hydrogens is 304 g/mol. The normalized spacial score (nSPS) is 16.0. The maximum atomic E-state index is 6.27. The molecular formula is C20H21ClN2. The van der Waals surface area contributed by atoms with Crippen molar-refractivity contribution in [3.8, 4) is 0 Å². The number of halogens is 1. The number of piperidine rings is 1. The molecule has 23 heavy (non-hydrogen) atoms. The molecule has 1 aliphatic heterocycles. The van der Waals surface area contributed by atoms with Crippen LogP contribution in [0.3, 0.4) is 0 Å². The Balaban J connectivity index is 1.78.